The first-order valence-electron chi connectivity index (χ1n) is 5.25. The molecule has 1 unspecified atom stereocenters. The summed E-state index contributed by atoms with van der Waals surface area (Å²) < 4.78 is 0. The molecule has 0 saturated carbocycles. The van der Waals surface area contributed by atoms with Crippen LogP contribution in [0, 0.1) is 5.92 Å². The van der Waals surface area contributed by atoms with Gasteiger partial charge in [-0.15, -0.1) is 0 Å². The van der Waals surface area contributed by atoms with Gasteiger partial charge in [0.25, 0.3) is 0 Å². The maximum atomic E-state index is 2.59. The Labute approximate surface area is 75.4 Å². The van der Waals surface area contributed by atoms with Crippen molar-refractivity contribution < 1.29 is 0 Å². The van der Waals surface area contributed by atoms with E-state index in [1.807, 2.05) is 0 Å². The lowest BCUT2D eigenvalue weighted by atomic mass is 9.92. The van der Waals surface area contributed by atoms with Gasteiger partial charge in [-0.05, 0) is 39.5 Å². The third-order valence-corrected chi connectivity index (χ3v) is 3.20. The number of nitrogens with zero attached hydrogens (tertiary/aromatic N) is 1. The first-order chi connectivity index (χ1) is 5.79. The molecule has 68 valence electrons. The third-order valence-electron chi connectivity index (χ3n) is 3.20. The van der Waals surface area contributed by atoms with Crippen LogP contribution in [0.5, 0.6) is 0 Å². The molecule has 0 radical (unpaired) electrons. The number of likely N-dealkylation sites (tertiary alicyclic amines) is 1. The van der Waals surface area contributed by atoms with Crippen molar-refractivity contribution in [3.63, 3.8) is 0 Å². The molecule has 1 heterocycles. The maximum absolute atomic E-state index is 2.59. The van der Waals surface area contributed by atoms with E-state index in [0.717, 1.165) is 5.92 Å². The van der Waals surface area contributed by atoms with Gasteiger partial charge in [0, 0.05) is 24.2 Å². The molecule has 1 fully saturated rings. The Bertz CT molecular complexity index is 193. The van der Waals surface area contributed by atoms with Gasteiger partial charge >= 0.3 is 0 Å². The van der Waals surface area contributed by atoms with Crippen molar-refractivity contribution in [2.24, 2.45) is 5.92 Å². The summed E-state index contributed by atoms with van der Waals surface area (Å²) in [7, 11) is 0. The van der Waals surface area contributed by atoms with Crippen LogP contribution in [0.15, 0.2) is 11.8 Å². The smallest absolute Gasteiger partial charge is 0.0230 e. The van der Waals surface area contributed by atoms with Crippen LogP contribution in [0.2, 0.25) is 0 Å². The third kappa shape index (κ3) is 1.26. The summed E-state index contributed by atoms with van der Waals surface area (Å²) in [4.78, 5) is 2.59. The highest BCUT2D eigenvalue weighted by Gasteiger charge is 2.29. The van der Waals surface area contributed by atoms with E-state index in [-0.39, 0.29) is 0 Å². The van der Waals surface area contributed by atoms with Gasteiger partial charge < -0.3 is 4.90 Å². The lowest BCUT2D eigenvalue weighted by Gasteiger charge is -2.28. The van der Waals surface area contributed by atoms with Crippen LogP contribution in [-0.4, -0.2) is 17.5 Å². The predicted molar refractivity (Wildman–Crippen MR) is 51.9 cm³/mol. The van der Waals surface area contributed by atoms with E-state index in [1.165, 1.54) is 32.2 Å². The largest absolute Gasteiger partial charge is 0.372 e. The molecule has 0 aromatic carbocycles. The van der Waals surface area contributed by atoms with Crippen LogP contribution in [-0.2, 0) is 0 Å². The average molecular weight is 165 g/mol. The van der Waals surface area contributed by atoms with E-state index in [9.17, 15) is 0 Å². The SMILES string of the molecule is CC(C)N1CCC2CCCC=C21. The summed E-state index contributed by atoms with van der Waals surface area (Å²) >= 11 is 0. The minimum Gasteiger partial charge on any atom is -0.372 e. The number of hydrogen-bond donors (Lipinski definition) is 0. The lowest BCUT2D eigenvalue weighted by Crippen LogP contribution is -2.27. The Morgan fingerprint density at radius 3 is 3.00 bits per heavy atom. The predicted octanol–water partition coefficient (Wildman–Crippen LogP) is 2.78. The standard InChI is InChI=1S/C11H19N/c1-9(2)12-8-7-10-5-3-4-6-11(10)12/h6,9-10H,3-5,7-8H2,1-2H3. The van der Waals surface area contributed by atoms with Gasteiger partial charge in [-0.1, -0.05) is 6.08 Å². The van der Waals surface area contributed by atoms with E-state index in [1.54, 1.807) is 5.70 Å². The molecule has 0 N–H and O–H groups in total. The number of fused-ring (bicyclic) bond motifs is 1. The van der Waals surface area contributed by atoms with Crippen molar-refractivity contribution in [2.45, 2.75) is 45.6 Å². The van der Waals surface area contributed by atoms with Gasteiger partial charge in [0.05, 0.1) is 0 Å². The molecule has 0 spiro atoms. The van der Waals surface area contributed by atoms with Crippen molar-refractivity contribution in [3.8, 4) is 0 Å². The van der Waals surface area contributed by atoms with E-state index in [2.05, 4.69) is 24.8 Å². The second-order valence-corrected chi connectivity index (χ2v) is 4.33. The van der Waals surface area contributed by atoms with Crippen LogP contribution < -0.4 is 0 Å². The monoisotopic (exact) mass is 165 g/mol. The zero-order chi connectivity index (χ0) is 8.55. The van der Waals surface area contributed by atoms with Crippen LogP contribution >= 0.6 is 0 Å². The molecular weight excluding hydrogens is 146 g/mol. The molecular formula is C11H19N. The highest BCUT2D eigenvalue weighted by Crippen LogP contribution is 2.36. The summed E-state index contributed by atoms with van der Waals surface area (Å²) in [6, 6.07) is 0.708. The molecule has 12 heavy (non-hydrogen) atoms. The fraction of sp³-hybridized carbons (Fsp3) is 0.818. The van der Waals surface area contributed by atoms with Crippen molar-refractivity contribution in [1.82, 2.24) is 4.90 Å². The first-order valence-corrected chi connectivity index (χ1v) is 5.25. The highest BCUT2D eigenvalue weighted by molar-refractivity contribution is 5.14. The summed E-state index contributed by atoms with van der Waals surface area (Å²) in [5.41, 5.74) is 1.66. The summed E-state index contributed by atoms with van der Waals surface area (Å²) in [5.74, 6) is 0.918. The summed E-state index contributed by atoms with van der Waals surface area (Å²) in [6.45, 7) is 5.91. The maximum Gasteiger partial charge on any atom is 0.0230 e. The lowest BCUT2D eigenvalue weighted by molar-refractivity contribution is 0.314. The second-order valence-electron chi connectivity index (χ2n) is 4.33. The van der Waals surface area contributed by atoms with Crippen molar-refractivity contribution >= 4 is 0 Å². The number of allylic oxidation sites excluding steroid dienone is 2. The minimum atomic E-state index is 0.708. The van der Waals surface area contributed by atoms with Gasteiger partial charge in [0.2, 0.25) is 0 Å². The average Bonchev–Trinajstić information content (AvgIpc) is 2.47. The second kappa shape index (κ2) is 3.12. The molecule has 0 amide bonds. The van der Waals surface area contributed by atoms with Crippen LogP contribution in [0.25, 0.3) is 0 Å². The Kier molecular flexibility index (Phi) is 2.12. The quantitative estimate of drug-likeness (QED) is 0.577. The van der Waals surface area contributed by atoms with Gasteiger partial charge in [-0.3, -0.25) is 0 Å². The van der Waals surface area contributed by atoms with Crippen LogP contribution in [0.3, 0.4) is 0 Å². The van der Waals surface area contributed by atoms with E-state index in [4.69, 9.17) is 0 Å². The molecule has 2 rings (SSSR count). The Morgan fingerprint density at radius 1 is 1.42 bits per heavy atom. The van der Waals surface area contributed by atoms with E-state index < -0.39 is 0 Å². The molecule has 1 saturated heterocycles. The van der Waals surface area contributed by atoms with Crippen molar-refractivity contribution in [1.29, 1.82) is 0 Å². The summed E-state index contributed by atoms with van der Waals surface area (Å²) in [5, 5.41) is 0. The zero-order valence-electron chi connectivity index (χ0n) is 8.21. The zero-order valence-corrected chi connectivity index (χ0v) is 8.21. The van der Waals surface area contributed by atoms with Crippen LogP contribution in [0.4, 0.5) is 0 Å². The molecule has 1 nitrogen and oxygen atoms in total. The Balaban J connectivity index is 2.14. The molecule has 0 aromatic rings. The fourth-order valence-corrected chi connectivity index (χ4v) is 2.55. The van der Waals surface area contributed by atoms with Crippen molar-refractivity contribution in [3.05, 3.63) is 11.8 Å². The van der Waals surface area contributed by atoms with Gasteiger partial charge in [-0.25, -0.2) is 0 Å². The number of hydrogen-bond acceptors (Lipinski definition) is 1. The molecule has 1 heteroatoms. The normalized spacial score (nSPS) is 29.1. The van der Waals surface area contributed by atoms with Gasteiger partial charge in [-0.2, -0.15) is 0 Å². The van der Waals surface area contributed by atoms with E-state index >= 15 is 0 Å². The number of rotatable bonds is 1. The van der Waals surface area contributed by atoms with Gasteiger partial charge in [0.15, 0.2) is 0 Å². The summed E-state index contributed by atoms with van der Waals surface area (Å²) in [6.07, 6.45) is 8.05. The van der Waals surface area contributed by atoms with Crippen molar-refractivity contribution in [2.75, 3.05) is 6.54 Å². The highest BCUT2D eigenvalue weighted by atomic mass is 15.2. The molecule has 1 aliphatic carbocycles. The molecule has 1 atom stereocenters. The fourth-order valence-electron chi connectivity index (χ4n) is 2.55. The molecule has 2 aliphatic rings. The minimum absolute atomic E-state index is 0.708. The van der Waals surface area contributed by atoms with Gasteiger partial charge in [0.1, 0.15) is 0 Å². The molecule has 0 aromatic heterocycles. The first kappa shape index (κ1) is 8.15. The Morgan fingerprint density at radius 2 is 2.25 bits per heavy atom. The van der Waals surface area contributed by atoms with Crippen LogP contribution in [0.1, 0.15) is 39.5 Å². The molecule has 0 bridgehead atoms. The van der Waals surface area contributed by atoms with E-state index in [0.29, 0.717) is 6.04 Å². The molecule has 1 aliphatic heterocycles. The topological polar surface area (TPSA) is 3.24 Å². The Hall–Kier alpha value is -0.460.